The van der Waals surface area contributed by atoms with E-state index >= 15 is 0 Å². The van der Waals surface area contributed by atoms with E-state index in [2.05, 4.69) is 5.11 Å². The SMILES string of the molecule is [N-]=NC(=O)[C@H]1O[C@@H](n2ccc(=O)[nH]c2=O)[C@H](O)[C@@H]1O. The molecule has 2 heterocycles. The average Bonchev–Trinajstić information content (AvgIpc) is 2.66. The van der Waals surface area contributed by atoms with Gasteiger partial charge in [0.1, 0.15) is 12.2 Å². The minimum absolute atomic E-state index is 0.646. The van der Waals surface area contributed by atoms with Gasteiger partial charge in [-0.1, -0.05) is 0 Å². The van der Waals surface area contributed by atoms with Crippen LogP contribution in [0.4, 0.5) is 0 Å². The van der Waals surface area contributed by atoms with Crippen molar-refractivity contribution in [3.05, 3.63) is 38.6 Å². The van der Waals surface area contributed by atoms with E-state index in [0.29, 0.717) is 0 Å². The van der Waals surface area contributed by atoms with Crippen molar-refractivity contribution in [2.75, 3.05) is 0 Å². The van der Waals surface area contributed by atoms with E-state index in [4.69, 9.17) is 10.3 Å². The zero-order valence-corrected chi connectivity index (χ0v) is 9.33. The van der Waals surface area contributed by atoms with Gasteiger partial charge >= 0.3 is 5.69 Å². The fraction of sp³-hybridized carbons (Fsp3) is 0.444. The highest BCUT2D eigenvalue weighted by Gasteiger charge is 2.47. The number of amides is 1. The molecule has 0 unspecified atom stereocenters. The lowest BCUT2D eigenvalue weighted by molar-refractivity contribution is -0.134. The van der Waals surface area contributed by atoms with Crippen LogP contribution in [0, 0.1) is 0 Å². The molecule has 19 heavy (non-hydrogen) atoms. The predicted octanol–water partition coefficient (Wildman–Crippen LogP) is -2.30. The van der Waals surface area contributed by atoms with Crippen LogP contribution in [-0.2, 0) is 9.53 Å². The Kier molecular flexibility index (Phi) is 3.38. The highest BCUT2D eigenvalue weighted by Crippen LogP contribution is 2.28. The number of hydrogen-bond acceptors (Lipinski definition) is 6. The average molecular weight is 269 g/mol. The zero-order chi connectivity index (χ0) is 14.2. The minimum atomic E-state index is -1.66. The van der Waals surface area contributed by atoms with Gasteiger partial charge in [0.2, 0.25) is 0 Å². The van der Waals surface area contributed by atoms with Crippen LogP contribution >= 0.6 is 0 Å². The Balaban J connectivity index is 2.36. The van der Waals surface area contributed by atoms with Crippen LogP contribution in [-0.4, -0.2) is 44.0 Å². The van der Waals surface area contributed by atoms with Crippen molar-refractivity contribution >= 4 is 5.91 Å². The molecule has 1 fully saturated rings. The molecule has 0 aliphatic carbocycles. The Morgan fingerprint density at radius 2 is 2.11 bits per heavy atom. The number of nitrogens with one attached hydrogen (secondary N) is 1. The molecular weight excluding hydrogens is 260 g/mol. The normalized spacial score (nSPS) is 30.2. The van der Waals surface area contributed by atoms with Crippen LogP contribution in [0.3, 0.4) is 0 Å². The summed E-state index contributed by atoms with van der Waals surface area (Å²) in [6, 6.07) is 1.01. The fourth-order valence-electron chi connectivity index (χ4n) is 1.78. The summed E-state index contributed by atoms with van der Waals surface area (Å²) in [4.78, 5) is 35.5. The van der Waals surface area contributed by atoms with Gasteiger partial charge in [-0.2, -0.15) is 0 Å². The second kappa shape index (κ2) is 4.84. The molecule has 3 N–H and O–H groups in total. The Morgan fingerprint density at radius 1 is 1.42 bits per heavy atom. The standard InChI is InChI=1S/C9H9N4O6/c10-12-7(17)6-4(15)5(16)8(19-6)13-2-1-3(14)11-9(13)18/h1-2,4-6,8,15-16H,(H,11,14,18)/q-1/t4-,5+,6-,8+/m0/s1. The molecule has 10 heteroatoms. The molecule has 1 saturated heterocycles. The van der Waals surface area contributed by atoms with Crippen molar-refractivity contribution < 1.29 is 19.7 Å². The van der Waals surface area contributed by atoms with E-state index < -0.39 is 41.7 Å². The summed E-state index contributed by atoms with van der Waals surface area (Å²) in [5.41, 5.74) is 6.81. The van der Waals surface area contributed by atoms with Crippen LogP contribution < -0.4 is 11.2 Å². The number of H-pyrrole nitrogens is 1. The lowest BCUT2D eigenvalue weighted by atomic mass is 10.1. The Morgan fingerprint density at radius 3 is 2.68 bits per heavy atom. The molecule has 1 aromatic rings. The molecule has 0 aromatic carbocycles. The van der Waals surface area contributed by atoms with Gasteiger partial charge in [0, 0.05) is 12.3 Å². The molecule has 1 aliphatic rings. The number of carbonyl (C=O) groups excluding carboxylic acids is 1. The van der Waals surface area contributed by atoms with E-state index in [-0.39, 0.29) is 0 Å². The molecule has 0 spiro atoms. The van der Waals surface area contributed by atoms with Crippen molar-refractivity contribution in [1.82, 2.24) is 9.55 Å². The van der Waals surface area contributed by atoms with Crippen molar-refractivity contribution in [2.45, 2.75) is 24.5 Å². The number of carbonyl (C=O) groups is 1. The number of ether oxygens (including phenoxy) is 1. The van der Waals surface area contributed by atoms with Crippen molar-refractivity contribution in [3.8, 4) is 0 Å². The van der Waals surface area contributed by atoms with Crippen LogP contribution in [0.25, 0.3) is 5.53 Å². The van der Waals surface area contributed by atoms with Crippen LogP contribution in [0.5, 0.6) is 0 Å². The number of nitrogens with zero attached hydrogens (tertiary/aromatic N) is 3. The lowest BCUT2D eigenvalue weighted by Crippen LogP contribution is -2.38. The third-order valence-corrected chi connectivity index (χ3v) is 2.71. The highest BCUT2D eigenvalue weighted by molar-refractivity contribution is 5.82. The van der Waals surface area contributed by atoms with Gasteiger partial charge in [-0.05, 0) is 0 Å². The van der Waals surface area contributed by atoms with Crippen molar-refractivity contribution in [3.63, 3.8) is 0 Å². The predicted molar refractivity (Wildman–Crippen MR) is 58.0 cm³/mol. The second-order valence-electron chi connectivity index (χ2n) is 3.88. The summed E-state index contributed by atoms with van der Waals surface area (Å²) in [6.45, 7) is 0. The molecule has 1 aromatic heterocycles. The van der Waals surface area contributed by atoms with Crippen LogP contribution in [0.2, 0.25) is 0 Å². The van der Waals surface area contributed by atoms with Gasteiger partial charge in [-0.25, -0.2) is 4.79 Å². The van der Waals surface area contributed by atoms with Crippen LogP contribution in [0.1, 0.15) is 6.23 Å². The number of aliphatic hydroxyl groups is 2. The molecule has 0 saturated carbocycles. The molecule has 2 rings (SSSR count). The van der Waals surface area contributed by atoms with Gasteiger partial charge in [0.15, 0.2) is 12.3 Å². The summed E-state index contributed by atoms with van der Waals surface area (Å²) in [7, 11) is 0. The summed E-state index contributed by atoms with van der Waals surface area (Å²) in [5.74, 6) is -1.19. The first-order valence-corrected chi connectivity index (χ1v) is 5.17. The monoisotopic (exact) mass is 269 g/mol. The second-order valence-corrected chi connectivity index (χ2v) is 3.88. The maximum Gasteiger partial charge on any atom is 0.330 e. The van der Waals surface area contributed by atoms with Gasteiger partial charge in [0.25, 0.3) is 11.5 Å². The van der Waals surface area contributed by atoms with Gasteiger partial charge < -0.3 is 25.6 Å². The van der Waals surface area contributed by atoms with Gasteiger partial charge in [-0.3, -0.25) is 19.1 Å². The molecule has 1 aliphatic heterocycles. The molecular formula is C9H9N4O6-. The first-order chi connectivity index (χ1) is 8.95. The maximum absolute atomic E-state index is 11.5. The Bertz CT molecular complexity index is 622. The van der Waals surface area contributed by atoms with Gasteiger partial charge in [-0.15, -0.1) is 0 Å². The molecule has 102 valence electrons. The number of rotatable bonds is 2. The quantitative estimate of drug-likeness (QED) is 0.512. The first-order valence-electron chi connectivity index (χ1n) is 5.17. The number of aliphatic hydroxyl groups excluding tert-OH is 2. The van der Waals surface area contributed by atoms with E-state index in [9.17, 15) is 24.6 Å². The van der Waals surface area contributed by atoms with Crippen molar-refractivity contribution in [1.29, 1.82) is 0 Å². The lowest BCUT2D eigenvalue weighted by Gasteiger charge is -2.16. The summed E-state index contributed by atoms with van der Waals surface area (Å²) in [5, 5.41) is 21.6. The summed E-state index contributed by atoms with van der Waals surface area (Å²) >= 11 is 0. The van der Waals surface area contributed by atoms with Crippen LogP contribution in [0.15, 0.2) is 27.0 Å². The van der Waals surface area contributed by atoms with Crippen molar-refractivity contribution in [2.24, 2.45) is 5.11 Å². The summed E-state index contributed by atoms with van der Waals surface area (Å²) < 4.78 is 5.79. The topological polar surface area (TPSA) is 156 Å². The largest absolute Gasteiger partial charge is 0.704 e. The summed E-state index contributed by atoms with van der Waals surface area (Å²) in [6.07, 6.45) is -5.18. The molecule has 0 radical (unpaired) electrons. The van der Waals surface area contributed by atoms with E-state index in [0.717, 1.165) is 16.8 Å². The smallest absolute Gasteiger partial charge is 0.330 e. The molecule has 10 nitrogen and oxygen atoms in total. The third-order valence-electron chi connectivity index (χ3n) is 2.71. The first kappa shape index (κ1) is 13.3. The zero-order valence-electron chi connectivity index (χ0n) is 9.33. The van der Waals surface area contributed by atoms with E-state index in [1.807, 2.05) is 4.98 Å². The Labute approximate surface area is 104 Å². The minimum Gasteiger partial charge on any atom is -0.704 e. The van der Waals surface area contributed by atoms with Gasteiger partial charge in [0.05, 0.1) is 0 Å². The van der Waals surface area contributed by atoms with E-state index in [1.54, 1.807) is 0 Å². The molecule has 1 amide bonds. The molecule has 4 atom stereocenters. The number of hydrogen-bond donors (Lipinski definition) is 3. The number of aromatic nitrogens is 2. The third kappa shape index (κ3) is 2.23. The number of aromatic amines is 1. The Hall–Kier alpha value is -2.17. The van der Waals surface area contributed by atoms with E-state index in [1.165, 1.54) is 0 Å². The highest BCUT2D eigenvalue weighted by atomic mass is 16.6. The fourth-order valence-corrected chi connectivity index (χ4v) is 1.78. The maximum atomic E-state index is 11.5. The molecule has 0 bridgehead atoms.